The van der Waals surface area contributed by atoms with Gasteiger partial charge in [-0.05, 0) is 60.7 Å². The first-order valence-electron chi connectivity index (χ1n) is 15.2. The van der Waals surface area contributed by atoms with E-state index >= 15 is 0 Å². The lowest BCUT2D eigenvalue weighted by atomic mass is 9.56. The summed E-state index contributed by atoms with van der Waals surface area (Å²) >= 11 is 14.9. The molecule has 12 heteroatoms. The molecule has 3 fully saturated rings. The van der Waals surface area contributed by atoms with Gasteiger partial charge < -0.3 is 14.6 Å². The number of carbonyl (C=O) groups excluding carboxylic acids is 4. The highest BCUT2D eigenvalue weighted by atomic mass is 35.5. The van der Waals surface area contributed by atoms with Gasteiger partial charge in [-0.2, -0.15) is 0 Å². The second-order valence-electron chi connectivity index (χ2n) is 12.3. The quantitative estimate of drug-likeness (QED) is 0.193. The summed E-state index contributed by atoms with van der Waals surface area (Å²) in [6.07, 6.45) is 3.33. The molecule has 3 aromatic rings. The molecule has 2 heterocycles. The maximum absolute atomic E-state index is 14.6. The van der Waals surface area contributed by atoms with Crippen LogP contribution in [0.2, 0.25) is 0 Å². The molecule has 0 radical (unpaired) electrons. The number of methoxy groups -OCH3 is 2. The first-order valence-corrected chi connectivity index (χ1v) is 15.9. The Hall–Kier alpha value is -4.67. The summed E-state index contributed by atoms with van der Waals surface area (Å²) in [5, 5.41) is 10.5. The maximum atomic E-state index is 14.6. The van der Waals surface area contributed by atoms with Crippen molar-refractivity contribution in [3.63, 3.8) is 0 Å². The number of nitrogens with zero attached hydrogens (tertiary/aromatic N) is 2. The first kappa shape index (κ1) is 31.9. The molecule has 1 saturated carbocycles. The average Bonchev–Trinajstić information content (AvgIpc) is 3.42. The molecule has 7 rings (SSSR count). The predicted octanol–water partition coefficient (Wildman–Crippen LogP) is 5.96. The van der Waals surface area contributed by atoms with Gasteiger partial charge in [-0.25, -0.2) is 9.29 Å². The third kappa shape index (κ3) is 4.21. The van der Waals surface area contributed by atoms with Crippen molar-refractivity contribution in [2.24, 2.45) is 17.8 Å². The molecule has 48 heavy (non-hydrogen) atoms. The fourth-order valence-electron chi connectivity index (χ4n) is 7.94. The van der Waals surface area contributed by atoms with E-state index in [0.29, 0.717) is 11.3 Å². The van der Waals surface area contributed by atoms with Gasteiger partial charge in [0, 0.05) is 23.6 Å². The largest absolute Gasteiger partial charge is 0.508 e. The third-order valence-electron chi connectivity index (χ3n) is 10.1. The van der Waals surface area contributed by atoms with Crippen LogP contribution in [0.15, 0.2) is 78.9 Å². The van der Waals surface area contributed by atoms with Crippen molar-refractivity contribution in [3.8, 4) is 17.2 Å². The second-order valence-corrected chi connectivity index (χ2v) is 13.6. The number of carbonyl (C=O) groups is 4. The highest BCUT2D eigenvalue weighted by Crippen LogP contribution is 2.67. The molecule has 246 valence electrons. The van der Waals surface area contributed by atoms with Crippen LogP contribution in [0.25, 0.3) is 6.08 Å². The van der Waals surface area contributed by atoms with Gasteiger partial charge in [-0.3, -0.25) is 24.1 Å². The molecular formula is C36H29Cl2FN2O7. The van der Waals surface area contributed by atoms with E-state index in [0.717, 1.165) is 27.5 Å². The molecule has 0 spiro atoms. The monoisotopic (exact) mass is 690 g/mol. The summed E-state index contributed by atoms with van der Waals surface area (Å²) < 4.78 is 25.3. The number of fused-ring (bicyclic) bond motifs is 4. The number of hydrogen-bond acceptors (Lipinski definition) is 7. The molecule has 0 unspecified atom stereocenters. The lowest BCUT2D eigenvalue weighted by Crippen LogP contribution is -2.60. The van der Waals surface area contributed by atoms with Crippen LogP contribution in [-0.4, -0.2) is 52.7 Å². The maximum Gasteiger partial charge on any atom is 0.258 e. The number of rotatable bonds is 6. The standard InChI is InChI=1S/C36H29Cl2FN2O7/c1-4-18-5-9-20(10-6-18)40-31(43)24-14-13-23-25(28(24)32(40)44)17-35(37)33(45)41(21-11-7-19(39)8-12-21)34(46)36(35,38)30(23)29-26(47-2)15-22(42)16-27(29)48-3/h4-13,15-16,24-25,28,30,42H,1,14,17H2,2-3H3/t24-,25+,28-,30+,35+,36-/m0/s1. The Morgan fingerprint density at radius 3 is 2.04 bits per heavy atom. The number of ether oxygens (including phenoxy) is 2. The smallest absolute Gasteiger partial charge is 0.258 e. The van der Waals surface area contributed by atoms with Crippen LogP contribution < -0.4 is 19.3 Å². The summed E-state index contributed by atoms with van der Waals surface area (Å²) in [6.45, 7) is 3.75. The van der Waals surface area contributed by atoms with E-state index in [1.165, 1.54) is 38.5 Å². The van der Waals surface area contributed by atoms with Crippen LogP contribution in [0.5, 0.6) is 17.2 Å². The van der Waals surface area contributed by atoms with Crippen LogP contribution in [-0.2, 0) is 19.2 Å². The second kappa shape index (κ2) is 11.2. The van der Waals surface area contributed by atoms with Gasteiger partial charge in [-0.15, -0.1) is 23.2 Å². The molecule has 4 amide bonds. The number of hydrogen-bond donors (Lipinski definition) is 1. The third-order valence-corrected chi connectivity index (χ3v) is 11.5. The van der Waals surface area contributed by atoms with Crippen molar-refractivity contribution >= 4 is 64.3 Å². The molecule has 1 N–H and O–H groups in total. The Bertz CT molecular complexity index is 1920. The van der Waals surface area contributed by atoms with Gasteiger partial charge in [0.05, 0.1) is 37.4 Å². The summed E-state index contributed by atoms with van der Waals surface area (Å²) in [5.41, 5.74) is 1.99. The Morgan fingerprint density at radius 2 is 1.46 bits per heavy atom. The Kier molecular flexibility index (Phi) is 7.45. The molecule has 3 aromatic carbocycles. The van der Waals surface area contributed by atoms with Gasteiger partial charge in [0.15, 0.2) is 9.75 Å². The number of halogens is 3. The minimum Gasteiger partial charge on any atom is -0.508 e. The van der Waals surface area contributed by atoms with Crippen molar-refractivity contribution in [1.82, 2.24) is 0 Å². The van der Waals surface area contributed by atoms with E-state index in [4.69, 9.17) is 32.7 Å². The zero-order valence-corrected chi connectivity index (χ0v) is 27.3. The van der Waals surface area contributed by atoms with E-state index in [1.54, 1.807) is 36.4 Å². The summed E-state index contributed by atoms with van der Waals surface area (Å²) in [4.78, 5) is 55.0. The average molecular weight is 692 g/mol. The number of anilines is 2. The van der Waals surface area contributed by atoms with E-state index < -0.39 is 62.9 Å². The number of phenols is 1. The summed E-state index contributed by atoms with van der Waals surface area (Å²) in [5.74, 6) is -6.92. The summed E-state index contributed by atoms with van der Waals surface area (Å²) in [7, 11) is 2.72. The molecule has 0 aromatic heterocycles. The van der Waals surface area contributed by atoms with Gasteiger partial charge >= 0.3 is 0 Å². The molecule has 6 atom stereocenters. The molecule has 4 aliphatic rings. The number of amides is 4. The lowest BCUT2D eigenvalue weighted by Gasteiger charge is -2.51. The Labute approximate surface area is 285 Å². The van der Waals surface area contributed by atoms with Crippen LogP contribution >= 0.6 is 23.2 Å². The highest BCUT2D eigenvalue weighted by molar-refractivity contribution is 6.58. The zero-order chi connectivity index (χ0) is 34.3. The Balaban J connectivity index is 1.43. The number of alkyl halides is 2. The summed E-state index contributed by atoms with van der Waals surface area (Å²) in [6, 6.07) is 14.2. The fourth-order valence-corrected chi connectivity index (χ4v) is 8.86. The van der Waals surface area contributed by atoms with E-state index in [1.807, 2.05) is 0 Å². The van der Waals surface area contributed by atoms with Crippen molar-refractivity contribution < 1.29 is 38.1 Å². The number of imide groups is 2. The topological polar surface area (TPSA) is 113 Å². The number of benzene rings is 3. The van der Waals surface area contributed by atoms with Crippen LogP contribution in [0.4, 0.5) is 15.8 Å². The van der Waals surface area contributed by atoms with Crippen LogP contribution in [0.1, 0.15) is 29.9 Å². The van der Waals surface area contributed by atoms with E-state index in [9.17, 15) is 28.7 Å². The van der Waals surface area contributed by atoms with Crippen LogP contribution in [0, 0.1) is 23.6 Å². The normalized spacial score (nSPS) is 29.3. The minimum atomic E-state index is -2.21. The highest BCUT2D eigenvalue weighted by Gasteiger charge is 2.77. The van der Waals surface area contributed by atoms with Gasteiger partial charge in [-0.1, -0.05) is 36.4 Å². The van der Waals surface area contributed by atoms with E-state index in [-0.39, 0.29) is 41.3 Å². The van der Waals surface area contributed by atoms with Crippen molar-refractivity contribution in [2.75, 3.05) is 24.0 Å². The van der Waals surface area contributed by atoms with Crippen molar-refractivity contribution in [3.05, 3.63) is 95.8 Å². The predicted molar refractivity (Wildman–Crippen MR) is 177 cm³/mol. The molecule has 2 aliphatic heterocycles. The van der Waals surface area contributed by atoms with Gasteiger partial charge in [0.25, 0.3) is 11.8 Å². The van der Waals surface area contributed by atoms with Crippen molar-refractivity contribution in [1.29, 1.82) is 0 Å². The van der Waals surface area contributed by atoms with Crippen LogP contribution in [0.3, 0.4) is 0 Å². The first-order chi connectivity index (χ1) is 22.9. The zero-order valence-electron chi connectivity index (χ0n) is 25.8. The van der Waals surface area contributed by atoms with E-state index in [2.05, 4.69) is 6.58 Å². The number of phenolic OH excluding ortho intramolecular Hbond substituents is 1. The number of aromatic hydroxyl groups is 1. The van der Waals surface area contributed by atoms with Gasteiger partial charge in [0.2, 0.25) is 11.8 Å². The number of allylic oxidation sites excluding steroid dienone is 2. The fraction of sp³-hybridized carbons (Fsp3) is 0.278. The molecule has 2 aliphatic carbocycles. The van der Waals surface area contributed by atoms with Gasteiger partial charge in [0.1, 0.15) is 23.1 Å². The van der Waals surface area contributed by atoms with Crippen molar-refractivity contribution in [2.45, 2.75) is 28.5 Å². The molecule has 0 bridgehead atoms. The SMILES string of the molecule is C=Cc1ccc(N2C(=O)[C@H]3[C@H](CC=C4[C@H]3C[C@@]3(Cl)C(=O)N(c5ccc(F)cc5)C(=O)[C@@]3(Cl)[C@H]4c3c(OC)cc(O)cc3OC)C2=O)cc1. The lowest BCUT2D eigenvalue weighted by molar-refractivity contribution is -0.125. The Morgan fingerprint density at radius 1 is 0.875 bits per heavy atom. The molecule has 9 nitrogen and oxygen atoms in total. The molecule has 2 saturated heterocycles. The molecular weight excluding hydrogens is 662 g/mol. The minimum absolute atomic E-state index is 0.0559.